The number of fused-ring (bicyclic) bond motifs is 1. The normalized spacial score (nSPS) is 18.9. The molecule has 3 heterocycles. The smallest absolute Gasteiger partial charge is 0.298 e. The number of nitrogens with one attached hydrogen (secondary N) is 1. The summed E-state index contributed by atoms with van der Waals surface area (Å²) in [6.07, 6.45) is 0. The van der Waals surface area contributed by atoms with E-state index >= 15 is 0 Å². The molecule has 2 aliphatic rings. The summed E-state index contributed by atoms with van der Waals surface area (Å²) in [5.41, 5.74) is 1.69. The quantitative estimate of drug-likeness (QED) is 0.897. The lowest BCUT2D eigenvalue weighted by Gasteiger charge is -2.37. The molecule has 0 spiro atoms. The maximum Gasteiger partial charge on any atom is 0.298 e. The molecule has 6 nitrogen and oxygen atoms in total. The van der Waals surface area contributed by atoms with E-state index in [-0.39, 0.29) is 24.2 Å². The van der Waals surface area contributed by atoms with Crippen molar-refractivity contribution in [2.24, 2.45) is 5.92 Å². The van der Waals surface area contributed by atoms with Crippen LogP contribution in [0.4, 0.5) is 6.01 Å². The zero-order valence-corrected chi connectivity index (χ0v) is 13.0. The summed E-state index contributed by atoms with van der Waals surface area (Å²) in [5, 5.41) is 3.15. The number of aromatic nitrogens is 1. The maximum atomic E-state index is 12.2. The number of nitrogens with zero attached hydrogens (tertiary/aromatic N) is 3. The van der Waals surface area contributed by atoms with Gasteiger partial charge in [-0.1, -0.05) is 12.1 Å². The van der Waals surface area contributed by atoms with E-state index in [1.807, 2.05) is 29.2 Å². The molecule has 0 bridgehead atoms. The first-order valence-corrected chi connectivity index (χ1v) is 7.41. The van der Waals surface area contributed by atoms with Crippen molar-refractivity contribution in [3.8, 4) is 0 Å². The number of amides is 1. The predicted octanol–water partition coefficient (Wildman–Crippen LogP) is 1.12. The van der Waals surface area contributed by atoms with E-state index in [0.717, 1.165) is 50.4 Å². The van der Waals surface area contributed by atoms with Crippen LogP contribution in [0.2, 0.25) is 0 Å². The number of anilines is 1. The summed E-state index contributed by atoms with van der Waals surface area (Å²) in [4.78, 5) is 20.8. The van der Waals surface area contributed by atoms with Crippen LogP contribution in [0, 0.1) is 5.92 Å². The molecule has 0 unspecified atom stereocenters. The Morgan fingerprint density at radius 1 is 1.18 bits per heavy atom. The van der Waals surface area contributed by atoms with Gasteiger partial charge >= 0.3 is 0 Å². The Balaban J connectivity index is 0.00000144. The van der Waals surface area contributed by atoms with Crippen LogP contribution in [0.3, 0.4) is 0 Å². The van der Waals surface area contributed by atoms with E-state index in [9.17, 15) is 4.79 Å². The van der Waals surface area contributed by atoms with Crippen LogP contribution in [-0.4, -0.2) is 55.1 Å². The maximum absolute atomic E-state index is 12.2. The number of carbonyl (C=O) groups excluding carboxylic acids is 1. The molecule has 1 aromatic carbocycles. The fourth-order valence-electron chi connectivity index (χ4n) is 2.83. The molecule has 2 saturated heterocycles. The number of hydrogen-bond acceptors (Lipinski definition) is 5. The van der Waals surface area contributed by atoms with Crippen LogP contribution in [0.5, 0.6) is 0 Å². The Kier molecular flexibility index (Phi) is 4.22. The zero-order valence-electron chi connectivity index (χ0n) is 12.2. The summed E-state index contributed by atoms with van der Waals surface area (Å²) in [6, 6.07) is 8.44. The molecule has 1 N–H and O–H groups in total. The number of halogens is 1. The number of para-hydroxylation sites is 2. The summed E-state index contributed by atoms with van der Waals surface area (Å²) >= 11 is 0. The highest BCUT2D eigenvalue weighted by Crippen LogP contribution is 2.23. The molecule has 1 aromatic heterocycles. The van der Waals surface area contributed by atoms with Gasteiger partial charge in [0.05, 0.1) is 5.92 Å². The van der Waals surface area contributed by atoms with Gasteiger partial charge in [-0.05, 0) is 12.1 Å². The van der Waals surface area contributed by atoms with Crippen LogP contribution in [0.25, 0.3) is 11.1 Å². The molecule has 2 fully saturated rings. The van der Waals surface area contributed by atoms with Crippen molar-refractivity contribution < 1.29 is 9.21 Å². The van der Waals surface area contributed by atoms with E-state index in [1.54, 1.807) is 0 Å². The molecule has 2 aromatic rings. The lowest BCUT2D eigenvalue weighted by atomic mass is 10.0. The fraction of sp³-hybridized carbons (Fsp3) is 0.467. The van der Waals surface area contributed by atoms with Gasteiger partial charge in [-0.3, -0.25) is 4.79 Å². The first-order valence-electron chi connectivity index (χ1n) is 7.41. The minimum Gasteiger partial charge on any atom is -0.423 e. The molecule has 4 rings (SSSR count). The number of oxazole rings is 1. The highest BCUT2D eigenvalue weighted by molar-refractivity contribution is 5.85. The van der Waals surface area contributed by atoms with Crippen molar-refractivity contribution >= 4 is 35.4 Å². The summed E-state index contributed by atoms with van der Waals surface area (Å²) < 4.78 is 5.78. The van der Waals surface area contributed by atoms with Crippen molar-refractivity contribution in [1.29, 1.82) is 0 Å². The Hall–Kier alpha value is -1.79. The van der Waals surface area contributed by atoms with Crippen LogP contribution < -0.4 is 10.2 Å². The summed E-state index contributed by atoms with van der Waals surface area (Å²) in [5.74, 6) is 0.465. The van der Waals surface area contributed by atoms with Gasteiger partial charge in [-0.2, -0.15) is 4.98 Å². The summed E-state index contributed by atoms with van der Waals surface area (Å²) in [7, 11) is 0. The minimum absolute atomic E-state index is 0. The van der Waals surface area contributed by atoms with Crippen LogP contribution in [0.1, 0.15) is 0 Å². The first kappa shape index (κ1) is 15.1. The second-order valence-electron chi connectivity index (χ2n) is 5.63. The van der Waals surface area contributed by atoms with E-state index in [2.05, 4.69) is 15.2 Å². The number of hydrogen-bond donors (Lipinski definition) is 1. The molecule has 0 atom stereocenters. The van der Waals surface area contributed by atoms with Crippen molar-refractivity contribution in [1.82, 2.24) is 15.2 Å². The molecule has 0 aliphatic carbocycles. The third kappa shape index (κ3) is 2.64. The molecule has 1 amide bonds. The van der Waals surface area contributed by atoms with Crippen molar-refractivity contribution in [2.45, 2.75) is 0 Å². The topological polar surface area (TPSA) is 61.6 Å². The standard InChI is InChI=1S/C15H18N4O2.ClH/c20-14(11-9-16-10-11)18-5-7-19(8-6-18)15-17-12-3-1-2-4-13(12)21-15;/h1-4,11,16H,5-10H2;1H. The van der Waals surface area contributed by atoms with Gasteiger partial charge in [0.2, 0.25) is 5.91 Å². The molecular formula is C15H19ClN4O2. The van der Waals surface area contributed by atoms with E-state index < -0.39 is 0 Å². The monoisotopic (exact) mass is 322 g/mol. The average Bonchev–Trinajstić information content (AvgIpc) is 2.89. The van der Waals surface area contributed by atoms with Gasteiger partial charge in [-0.25, -0.2) is 0 Å². The lowest BCUT2D eigenvalue weighted by molar-refractivity contribution is -0.137. The van der Waals surface area contributed by atoms with E-state index in [4.69, 9.17) is 4.42 Å². The van der Waals surface area contributed by atoms with Gasteiger partial charge in [-0.15, -0.1) is 12.4 Å². The van der Waals surface area contributed by atoms with Crippen LogP contribution >= 0.6 is 12.4 Å². The molecule has 0 radical (unpaired) electrons. The first-order chi connectivity index (χ1) is 10.3. The highest BCUT2D eigenvalue weighted by atomic mass is 35.5. The van der Waals surface area contributed by atoms with Gasteiger partial charge in [0.15, 0.2) is 5.58 Å². The Bertz CT molecular complexity index is 629. The second-order valence-corrected chi connectivity index (χ2v) is 5.63. The lowest BCUT2D eigenvalue weighted by Crippen LogP contribution is -2.56. The second kappa shape index (κ2) is 6.14. The number of piperazine rings is 1. The van der Waals surface area contributed by atoms with Crippen molar-refractivity contribution in [3.05, 3.63) is 24.3 Å². The van der Waals surface area contributed by atoms with E-state index in [0.29, 0.717) is 6.01 Å². The number of rotatable bonds is 2. The molecule has 118 valence electrons. The van der Waals surface area contributed by atoms with E-state index in [1.165, 1.54) is 0 Å². The minimum atomic E-state index is 0. The molecule has 7 heteroatoms. The molecule has 22 heavy (non-hydrogen) atoms. The van der Waals surface area contributed by atoms with Gasteiger partial charge in [0.1, 0.15) is 5.52 Å². The predicted molar refractivity (Wildman–Crippen MR) is 86.4 cm³/mol. The van der Waals surface area contributed by atoms with Crippen LogP contribution in [0.15, 0.2) is 28.7 Å². The largest absolute Gasteiger partial charge is 0.423 e. The van der Waals surface area contributed by atoms with Gasteiger partial charge in [0, 0.05) is 39.3 Å². The van der Waals surface area contributed by atoms with Gasteiger partial charge in [0.25, 0.3) is 6.01 Å². The third-order valence-electron chi connectivity index (χ3n) is 4.28. The fourth-order valence-corrected chi connectivity index (χ4v) is 2.83. The van der Waals surface area contributed by atoms with Gasteiger partial charge < -0.3 is 19.5 Å². The average molecular weight is 323 g/mol. The molecular weight excluding hydrogens is 304 g/mol. The SMILES string of the molecule is Cl.O=C(C1CNC1)N1CCN(c2nc3ccccc3o2)CC1. The Morgan fingerprint density at radius 3 is 2.55 bits per heavy atom. The Labute approximate surface area is 134 Å². The summed E-state index contributed by atoms with van der Waals surface area (Å²) in [6.45, 7) is 4.69. The van der Waals surface area contributed by atoms with Crippen molar-refractivity contribution in [2.75, 3.05) is 44.2 Å². The van der Waals surface area contributed by atoms with Crippen molar-refractivity contribution in [3.63, 3.8) is 0 Å². The third-order valence-corrected chi connectivity index (χ3v) is 4.28. The molecule has 2 aliphatic heterocycles. The highest BCUT2D eigenvalue weighted by Gasteiger charge is 2.31. The zero-order chi connectivity index (χ0) is 14.2. The molecule has 0 saturated carbocycles. The number of benzene rings is 1. The number of carbonyl (C=O) groups is 1. The Morgan fingerprint density at radius 2 is 1.91 bits per heavy atom. The van der Waals surface area contributed by atoms with Crippen LogP contribution in [-0.2, 0) is 4.79 Å².